The van der Waals surface area contributed by atoms with Gasteiger partial charge in [-0.25, -0.2) is 9.78 Å². The number of rotatable bonds is 6. The summed E-state index contributed by atoms with van der Waals surface area (Å²) in [6.07, 6.45) is 7.10. The number of hydrogen-bond donors (Lipinski definition) is 3. The van der Waals surface area contributed by atoms with Gasteiger partial charge in [0.2, 0.25) is 11.4 Å². The van der Waals surface area contributed by atoms with Crippen LogP contribution < -0.4 is 31.1 Å². The minimum Gasteiger partial charge on any atom is -0.493 e. The molecule has 5 N–H and O–H groups in total. The first-order chi connectivity index (χ1) is 20.3. The van der Waals surface area contributed by atoms with Crippen LogP contribution in [0.3, 0.4) is 0 Å². The van der Waals surface area contributed by atoms with Crippen molar-refractivity contribution in [3.05, 3.63) is 75.2 Å². The lowest BCUT2D eigenvalue weighted by atomic mass is 9.94. The van der Waals surface area contributed by atoms with Crippen molar-refractivity contribution in [2.75, 3.05) is 25.7 Å². The van der Waals surface area contributed by atoms with Gasteiger partial charge in [0, 0.05) is 35.2 Å². The number of carbonyl (C=O) groups is 1. The first-order valence-corrected chi connectivity index (χ1v) is 13.5. The monoisotopic (exact) mass is 569 g/mol. The zero-order valence-electron chi connectivity index (χ0n) is 23.3. The van der Waals surface area contributed by atoms with Gasteiger partial charge in [-0.1, -0.05) is 31.1 Å². The molecule has 0 bridgehead atoms. The molecule has 0 amide bonds. The molecule has 1 aliphatic carbocycles. The lowest BCUT2D eigenvalue weighted by molar-refractivity contribution is 0.143. The topological polar surface area (TPSA) is 165 Å². The zero-order valence-corrected chi connectivity index (χ0v) is 23.3. The molecule has 4 aromatic rings. The highest BCUT2D eigenvalue weighted by molar-refractivity contribution is 5.82. The molecule has 11 nitrogen and oxygen atoms in total. The Morgan fingerprint density at radius 2 is 1.86 bits per heavy atom. The second-order valence-corrected chi connectivity index (χ2v) is 10.1. The maximum atomic E-state index is 13.1. The Balaban J connectivity index is 1.58. The van der Waals surface area contributed by atoms with Gasteiger partial charge in [0.1, 0.15) is 5.82 Å². The molecule has 2 aromatic heterocycles. The van der Waals surface area contributed by atoms with E-state index in [1.807, 2.05) is 22.8 Å². The number of benzene rings is 2. The molecule has 11 heteroatoms. The van der Waals surface area contributed by atoms with Crippen LogP contribution in [0.15, 0.2) is 47.5 Å². The lowest BCUT2D eigenvalue weighted by Crippen LogP contribution is -2.20. The number of fused-ring (bicyclic) bond motifs is 1. The smallest absolute Gasteiger partial charge is 0.493 e. The summed E-state index contributed by atoms with van der Waals surface area (Å²) in [6, 6.07) is 9.09. The third-order valence-corrected chi connectivity index (χ3v) is 7.36. The Morgan fingerprint density at radius 3 is 2.55 bits per heavy atom. The maximum absolute atomic E-state index is 13.1. The molecular weight excluding hydrogens is 538 g/mol. The van der Waals surface area contributed by atoms with Gasteiger partial charge >= 0.3 is 6.16 Å². The summed E-state index contributed by atoms with van der Waals surface area (Å²) in [5.41, 5.74) is 14.7. The Morgan fingerprint density at radius 1 is 1.07 bits per heavy atom. The number of pyridine rings is 1. The van der Waals surface area contributed by atoms with Crippen LogP contribution in [0.1, 0.15) is 60.4 Å². The molecule has 5 rings (SSSR count). The van der Waals surface area contributed by atoms with Gasteiger partial charge in [-0.05, 0) is 48.7 Å². The van der Waals surface area contributed by atoms with Crippen molar-refractivity contribution in [1.29, 1.82) is 0 Å². The largest absolute Gasteiger partial charge is 0.511 e. The van der Waals surface area contributed by atoms with Crippen LogP contribution in [-0.4, -0.2) is 40.0 Å². The van der Waals surface area contributed by atoms with E-state index in [2.05, 4.69) is 21.8 Å². The molecule has 0 saturated heterocycles. The van der Waals surface area contributed by atoms with Gasteiger partial charge < -0.3 is 35.4 Å². The van der Waals surface area contributed by atoms with Gasteiger partial charge in [-0.2, -0.15) is 4.98 Å². The van der Waals surface area contributed by atoms with Crippen molar-refractivity contribution < 1.29 is 24.1 Å². The van der Waals surface area contributed by atoms with E-state index in [9.17, 15) is 9.59 Å². The molecule has 2 aromatic carbocycles. The molecule has 1 fully saturated rings. The number of hydrogen-bond acceptors (Lipinski definition) is 9. The summed E-state index contributed by atoms with van der Waals surface area (Å²) in [6.45, 7) is 0. The Labute approximate surface area is 242 Å². The molecule has 1 aliphatic rings. The van der Waals surface area contributed by atoms with E-state index in [4.69, 9.17) is 30.8 Å². The van der Waals surface area contributed by atoms with E-state index in [1.165, 1.54) is 6.20 Å². The SMILES string of the molecule is COc1cc(Cc2cnc(N)nc2N)cc(C#Cc2ccc3c(=O)c(OC(=O)O)cn(C4CCCCC4)c3c2)c1OC. The van der Waals surface area contributed by atoms with Crippen LogP contribution in [0.5, 0.6) is 17.2 Å². The molecular formula is C31H31N5O6. The zero-order chi connectivity index (χ0) is 29.8. The van der Waals surface area contributed by atoms with Crippen molar-refractivity contribution in [1.82, 2.24) is 14.5 Å². The molecule has 0 aliphatic heterocycles. The minimum atomic E-state index is -1.53. The Bertz CT molecular complexity index is 1780. The van der Waals surface area contributed by atoms with E-state index in [1.54, 1.807) is 32.5 Å². The number of methoxy groups -OCH3 is 2. The van der Waals surface area contributed by atoms with Crippen molar-refractivity contribution in [3.63, 3.8) is 0 Å². The molecule has 0 radical (unpaired) electrons. The third kappa shape index (κ3) is 5.93. The number of nitrogens with two attached hydrogens (primary N) is 2. The number of aromatic nitrogens is 3. The maximum Gasteiger partial charge on any atom is 0.511 e. The number of carboxylic acid groups (broad SMARTS) is 1. The van der Waals surface area contributed by atoms with E-state index in [0.717, 1.165) is 37.7 Å². The Kier molecular flexibility index (Phi) is 8.15. The van der Waals surface area contributed by atoms with Crippen molar-refractivity contribution in [2.45, 2.75) is 44.6 Å². The summed E-state index contributed by atoms with van der Waals surface area (Å²) in [5, 5.41) is 9.54. The van der Waals surface area contributed by atoms with Crippen LogP contribution in [0.25, 0.3) is 10.9 Å². The van der Waals surface area contributed by atoms with Crippen molar-refractivity contribution >= 4 is 28.8 Å². The minimum absolute atomic E-state index is 0.102. The van der Waals surface area contributed by atoms with E-state index < -0.39 is 11.6 Å². The molecule has 42 heavy (non-hydrogen) atoms. The van der Waals surface area contributed by atoms with E-state index >= 15 is 0 Å². The number of nitrogen functional groups attached to an aromatic ring is 2. The number of nitrogens with zero attached hydrogens (tertiary/aromatic N) is 3. The molecule has 1 saturated carbocycles. The summed E-state index contributed by atoms with van der Waals surface area (Å²) >= 11 is 0. The third-order valence-electron chi connectivity index (χ3n) is 7.36. The second kappa shape index (κ2) is 12.1. The predicted molar refractivity (Wildman–Crippen MR) is 158 cm³/mol. The highest BCUT2D eigenvalue weighted by Gasteiger charge is 2.21. The average molecular weight is 570 g/mol. The van der Waals surface area contributed by atoms with Crippen LogP contribution >= 0.6 is 0 Å². The fourth-order valence-electron chi connectivity index (χ4n) is 5.38. The second-order valence-electron chi connectivity index (χ2n) is 10.1. The average Bonchev–Trinajstić information content (AvgIpc) is 2.98. The molecule has 0 spiro atoms. The van der Waals surface area contributed by atoms with E-state index in [0.29, 0.717) is 51.3 Å². The number of anilines is 2. The van der Waals surface area contributed by atoms with Gasteiger partial charge in [-0.15, -0.1) is 0 Å². The first kappa shape index (κ1) is 28.3. The normalized spacial score (nSPS) is 13.3. The molecule has 0 atom stereocenters. The van der Waals surface area contributed by atoms with Crippen LogP contribution in [0, 0.1) is 11.8 Å². The summed E-state index contributed by atoms with van der Waals surface area (Å²) < 4.78 is 18.0. The fourth-order valence-corrected chi connectivity index (χ4v) is 5.38. The summed E-state index contributed by atoms with van der Waals surface area (Å²) in [5.74, 6) is 7.56. The highest BCUT2D eigenvalue weighted by atomic mass is 16.7. The number of ether oxygens (including phenoxy) is 3. The lowest BCUT2D eigenvalue weighted by Gasteiger charge is -2.26. The van der Waals surface area contributed by atoms with Gasteiger partial charge in [0.25, 0.3) is 0 Å². The van der Waals surface area contributed by atoms with Crippen LogP contribution in [0.2, 0.25) is 0 Å². The van der Waals surface area contributed by atoms with Crippen molar-refractivity contribution in [3.8, 4) is 29.1 Å². The highest BCUT2D eigenvalue weighted by Crippen LogP contribution is 2.34. The van der Waals surface area contributed by atoms with Crippen LogP contribution in [-0.2, 0) is 6.42 Å². The van der Waals surface area contributed by atoms with Crippen LogP contribution in [0.4, 0.5) is 16.6 Å². The quantitative estimate of drug-likeness (QED) is 0.222. The molecule has 2 heterocycles. The predicted octanol–water partition coefficient (Wildman–Crippen LogP) is 4.53. The Hall–Kier alpha value is -5.24. The van der Waals surface area contributed by atoms with E-state index in [-0.39, 0.29) is 17.7 Å². The standard InChI is InChI=1S/C31H31N5O6/c1-40-25-15-19(13-21-16-34-30(33)35-29(21)32)12-20(28(25)41-2)10-8-18-9-11-23-24(14-18)36(22-6-4-3-5-7-22)17-26(27(23)37)42-31(38)39/h9,11-12,14-17,22H,3-7,13H2,1-2H3,(H,38,39)(H4,32,33,34,35). The summed E-state index contributed by atoms with van der Waals surface area (Å²) in [7, 11) is 3.10. The first-order valence-electron chi connectivity index (χ1n) is 13.5. The van der Waals surface area contributed by atoms with Gasteiger partial charge in [-0.3, -0.25) is 4.79 Å². The molecule has 0 unspecified atom stereocenters. The fraction of sp³-hybridized carbons (Fsp3) is 0.290. The summed E-state index contributed by atoms with van der Waals surface area (Å²) in [4.78, 5) is 32.4. The van der Waals surface area contributed by atoms with Crippen molar-refractivity contribution in [2.24, 2.45) is 0 Å². The van der Waals surface area contributed by atoms with Gasteiger partial charge in [0.05, 0.1) is 31.5 Å². The molecule has 216 valence electrons. The van der Waals surface area contributed by atoms with Gasteiger partial charge in [0.15, 0.2) is 17.2 Å².